The second-order valence-electron chi connectivity index (χ2n) is 7.30. The third kappa shape index (κ3) is 4.12. The van der Waals surface area contributed by atoms with E-state index < -0.39 is 11.9 Å². The summed E-state index contributed by atoms with van der Waals surface area (Å²) in [7, 11) is 0. The molecule has 2 saturated heterocycles. The highest BCUT2D eigenvalue weighted by molar-refractivity contribution is 5.72. The number of benzene rings is 1. The molecule has 0 saturated carbocycles. The van der Waals surface area contributed by atoms with Gasteiger partial charge in [0, 0.05) is 56.7 Å². The number of nitrogens with zero attached hydrogens (tertiary/aromatic N) is 3. The highest BCUT2D eigenvalue weighted by Gasteiger charge is 2.38. The van der Waals surface area contributed by atoms with Crippen molar-refractivity contribution in [3.63, 3.8) is 0 Å². The molecule has 6 heteroatoms. The van der Waals surface area contributed by atoms with E-state index >= 15 is 0 Å². The van der Waals surface area contributed by atoms with Gasteiger partial charge in [-0.1, -0.05) is 18.2 Å². The van der Waals surface area contributed by atoms with Gasteiger partial charge in [-0.15, -0.1) is 0 Å². The van der Waals surface area contributed by atoms with Crippen molar-refractivity contribution >= 4 is 11.7 Å². The molecule has 2 atom stereocenters. The normalized spacial score (nSPS) is 23.5. The topological polar surface area (TPSA) is 65.9 Å². The molecule has 0 amide bonds. The van der Waals surface area contributed by atoms with Gasteiger partial charge in [0.25, 0.3) is 0 Å². The van der Waals surface area contributed by atoms with E-state index in [0.717, 1.165) is 45.0 Å². The molecule has 2 aromatic rings. The monoisotopic (exact) mass is 367 g/mol. The molecule has 27 heavy (non-hydrogen) atoms. The first-order valence-corrected chi connectivity index (χ1v) is 9.47. The first-order valence-electron chi connectivity index (χ1n) is 9.47. The Bertz CT molecular complexity index is 777. The molecule has 142 valence electrons. The lowest BCUT2D eigenvalue weighted by Gasteiger charge is -2.29. The molecular weight excluding hydrogens is 342 g/mol. The predicted molar refractivity (Wildman–Crippen MR) is 103 cm³/mol. The highest BCUT2D eigenvalue weighted by Crippen LogP contribution is 2.33. The van der Waals surface area contributed by atoms with Crippen LogP contribution in [0.2, 0.25) is 0 Å². The average molecular weight is 367 g/mol. The Morgan fingerprint density at radius 3 is 2.78 bits per heavy atom. The van der Waals surface area contributed by atoms with E-state index in [4.69, 9.17) is 4.74 Å². The first kappa shape index (κ1) is 17.9. The fourth-order valence-electron chi connectivity index (χ4n) is 4.13. The van der Waals surface area contributed by atoms with Crippen molar-refractivity contribution < 1.29 is 14.6 Å². The average Bonchev–Trinajstić information content (AvgIpc) is 3.14. The SMILES string of the molecule is O=C(O)[C@@H]1CN(Cc2cccc(N3CCOCC3)c2)C[C@H]1c1cccnc1. The van der Waals surface area contributed by atoms with E-state index in [2.05, 4.69) is 39.0 Å². The van der Waals surface area contributed by atoms with E-state index in [-0.39, 0.29) is 5.92 Å². The Morgan fingerprint density at radius 2 is 2.04 bits per heavy atom. The molecule has 2 aliphatic heterocycles. The maximum absolute atomic E-state index is 11.8. The van der Waals surface area contributed by atoms with Crippen LogP contribution in [0.25, 0.3) is 0 Å². The summed E-state index contributed by atoms with van der Waals surface area (Å²) in [6.45, 7) is 5.43. The zero-order valence-electron chi connectivity index (χ0n) is 15.3. The number of hydrogen-bond donors (Lipinski definition) is 1. The third-order valence-electron chi connectivity index (χ3n) is 5.52. The van der Waals surface area contributed by atoms with Gasteiger partial charge in [0.15, 0.2) is 0 Å². The van der Waals surface area contributed by atoms with E-state index in [1.54, 1.807) is 12.4 Å². The van der Waals surface area contributed by atoms with Crippen molar-refractivity contribution in [3.05, 3.63) is 59.9 Å². The largest absolute Gasteiger partial charge is 0.481 e. The molecule has 4 rings (SSSR count). The second kappa shape index (κ2) is 8.06. The van der Waals surface area contributed by atoms with E-state index in [1.807, 2.05) is 12.1 Å². The van der Waals surface area contributed by atoms with Gasteiger partial charge in [-0.3, -0.25) is 14.7 Å². The van der Waals surface area contributed by atoms with Crippen LogP contribution in [0.5, 0.6) is 0 Å². The van der Waals surface area contributed by atoms with E-state index in [1.165, 1.54) is 11.3 Å². The zero-order chi connectivity index (χ0) is 18.6. The van der Waals surface area contributed by atoms with Crippen molar-refractivity contribution in [2.75, 3.05) is 44.3 Å². The maximum Gasteiger partial charge on any atom is 0.308 e. The summed E-state index contributed by atoms with van der Waals surface area (Å²) < 4.78 is 5.44. The lowest BCUT2D eigenvalue weighted by atomic mass is 9.90. The molecule has 1 aromatic carbocycles. The number of pyridine rings is 1. The molecule has 0 aliphatic carbocycles. The number of morpholine rings is 1. The Kier molecular flexibility index (Phi) is 5.36. The summed E-state index contributed by atoms with van der Waals surface area (Å²) in [5.41, 5.74) is 3.44. The van der Waals surface area contributed by atoms with Gasteiger partial charge >= 0.3 is 5.97 Å². The molecule has 2 fully saturated rings. The van der Waals surface area contributed by atoms with Gasteiger partial charge < -0.3 is 14.7 Å². The van der Waals surface area contributed by atoms with Crippen molar-refractivity contribution in [1.82, 2.24) is 9.88 Å². The Hall–Kier alpha value is -2.44. The summed E-state index contributed by atoms with van der Waals surface area (Å²) in [6.07, 6.45) is 3.52. The fourth-order valence-corrected chi connectivity index (χ4v) is 4.13. The number of aromatic nitrogens is 1. The van der Waals surface area contributed by atoms with Gasteiger partial charge in [-0.2, -0.15) is 0 Å². The van der Waals surface area contributed by atoms with Crippen molar-refractivity contribution in [1.29, 1.82) is 0 Å². The van der Waals surface area contributed by atoms with Crippen molar-refractivity contribution in [2.24, 2.45) is 5.92 Å². The maximum atomic E-state index is 11.8. The number of likely N-dealkylation sites (tertiary alicyclic amines) is 1. The molecule has 0 unspecified atom stereocenters. The van der Waals surface area contributed by atoms with Crippen LogP contribution in [-0.2, 0) is 16.1 Å². The number of carboxylic acids is 1. The smallest absolute Gasteiger partial charge is 0.308 e. The molecule has 1 aromatic heterocycles. The van der Waals surface area contributed by atoms with Gasteiger partial charge in [-0.25, -0.2) is 0 Å². The predicted octanol–water partition coefficient (Wildman–Crippen LogP) is 2.22. The number of carboxylic acid groups (broad SMARTS) is 1. The van der Waals surface area contributed by atoms with Gasteiger partial charge in [-0.05, 0) is 29.3 Å². The number of anilines is 1. The lowest BCUT2D eigenvalue weighted by Crippen LogP contribution is -2.36. The fraction of sp³-hybridized carbons (Fsp3) is 0.429. The van der Waals surface area contributed by atoms with Crippen LogP contribution in [0.4, 0.5) is 5.69 Å². The standard InChI is InChI=1S/C21H25N3O3/c25-21(26)20-15-23(14-19(20)17-4-2-6-22-12-17)13-16-3-1-5-18(11-16)24-7-9-27-10-8-24/h1-6,11-12,19-20H,7-10,13-15H2,(H,25,26)/t19-,20+/m0/s1. The summed E-state index contributed by atoms with van der Waals surface area (Å²) >= 11 is 0. The van der Waals surface area contributed by atoms with Gasteiger partial charge in [0.1, 0.15) is 0 Å². The van der Waals surface area contributed by atoms with E-state index in [0.29, 0.717) is 6.54 Å². The highest BCUT2D eigenvalue weighted by atomic mass is 16.5. The molecule has 6 nitrogen and oxygen atoms in total. The Balaban J connectivity index is 1.47. The summed E-state index contributed by atoms with van der Waals surface area (Å²) in [6, 6.07) is 12.4. The van der Waals surface area contributed by atoms with Crippen LogP contribution in [-0.4, -0.2) is 60.4 Å². The van der Waals surface area contributed by atoms with Crippen molar-refractivity contribution in [3.8, 4) is 0 Å². The third-order valence-corrected chi connectivity index (χ3v) is 5.52. The summed E-state index contributed by atoms with van der Waals surface area (Å²) in [5.74, 6) is -1.14. The molecule has 0 spiro atoms. The van der Waals surface area contributed by atoms with Crippen LogP contribution in [0, 0.1) is 5.92 Å². The summed E-state index contributed by atoms with van der Waals surface area (Å²) in [4.78, 5) is 20.5. The number of carbonyl (C=O) groups is 1. The number of aliphatic carboxylic acids is 1. The van der Waals surface area contributed by atoms with Gasteiger partial charge in [0.2, 0.25) is 0 Å². The quantitative estimate of drug-likeness (QED) is 0.874. The van der Waals surface area contributed by atoms with Gasteiger partial charge in [0.05, 0.1) is 19.1 Å². The minimum atomic E-state index is -0.728. The molecular formula is C21H25N3O3. The van der Waals surface area contributed by atoms with Crippen LogP contribution in [0.15, 0.2) is 48.8 Å². The second-order valence-corrected chi connectivity index (χ2v) is 7.30. The zero-order valence-corrected chi connectivity index (χ0v) is 15.3. The molecule has 0 bridgehead atoms. The minimum Gasteiger partial charge on any atom is -0.481 e. The minimum absolute atomic E-state index is 0.0152. The van der Waals surface area contributed by atoms with Crippen LogP contribution < -0.4 is 4.90 Å². The molecule has 1 N–H and O–H groups in total. The lowest BCUT2D eigenvalue weighted by molar-refractivity contribution is -0.141. The van der Waals surface area contributed by atoms with E-state index in [9.17, 15) is 9.90 Å². The summed E-state index contributed by atoms with van der Waals surface area (Å²) in [5, 5.41) is 9.68. The molecule has 0 radical (unpaired) electrons. The van der Waals surface area contributed by atoms with Crippen LogP contribution in [0.3, 0.4) is 0 Å². The van der Waals surface area contributed by atoms with Crippen LogP contribution >= 0.6 is 0 Å². The molecule has 2 aliphatic rings. The van der Waals surface area contributed by atoms with Crippen LogP contribution in [0.1, 0.15) is 17.0 Å². The number of hydrogen-bond acceptors (Lipinski definition) is 5. The number of ether oxygens (including phenoxy) is 1. The Labute approximate surface area is 159 Å². The first-order chi connectivity index (χ1) is 13.2. The number of rotatable bonds is 5. The van der Waals surface area contributed by atoms with Crippen molar-refractivity contribution in [2.45, 2.75) is 12.5 Å². The Morgan fingerprint density at radius 1 is 1.19 bits per heavy atom. The molecule has 3 heterocycles.